The lowest BCUT2D eigenvalue weighted by Gasteiger charge is -2.68. The molecule has 6 heteroatoms. The Bertz CT molecular complexity index is 2660. The molecule has 4 aromatic carbocycles. The zero-order chi connectivity index (χ0) is 51.5. The summed E-state index contributed by atoms with van der Waals surface area (Å²) in [6.07, 6.45) is 12.1. The first-order chi connectivity index (χ1) is 35.4. The zero-order valence-corrected chi connectivity index (χ0v) is 47.0. The van der Waals surface area contributed by atoms with Crippen LogP contribution in [-0.2, 0) is 19.1 Å². The molecule has 0 aromatic heterocycles. The molecule has 13 rings (SSSR count). The topological polar surface area (TPSA) is 59.1 Å². The highest BCUT2D eigenvalue weighted by molar-refractivity contribution is 5.90. The van der Waals surface area contributed by atoms with Gasteiger partial charge in [-0.2, -0.15) is 0 Å². The second-order valence-electron chi connectivity index (χ2n) is 26.9. The predicted octanol–water partition coefficient (Wildman–Crippen LogP) is 13.6. The number of Topliss-reactive ketones (excluding diaryl/α,β-unsaturated/α-hetero) is 2. The van der Waals surface area contributed by atoms with Crippen molar-refractivity contribution in [1.82, 2.24) is 9.80 Å². The minimum atomic E-state index is -0.132. The van der Waals surface area contributed by atoms with Crippen LogP contribution in [0.3, 0.4) is 0 Å². The number of benzene rings is 4. The summed E-state index contributed by atoms with van der Waals surface area (Å²) in [7, 11) is 0. The van der Waals surface area contributed by atoms with Gasteiger partial charge in [0.2, 0.25) is 0 Å². The molecule has 392 valence electrons. The Labute approximate surface area is 444 Å². The van der Waals surface area contributed by atoms with Crippen LogP contribution in [0.2, 0.25) is 0 Å². The van der Waals surface area contributed by atoms with Crippen molar-refractivity contribution in [3.63, 3.8) is 0 Å². The standard InChI is InChI=1S/C68H86N2O4/c1-33-17-37(5)61(38(6)18-33)45-13-15-53-57(27-45)73-59-29-47(63-41(9)21-35(3)22-42(63)10)25-51-65(59)69(53)55-32-56-50(31-49(55)67(51)71)68(72)52-26-48(64-43(11)23-36(4)24-44(64)12)30-60-66(52)70(56)54-16-14-46(28-58(54)74-60)62-39(7)19-34(2)20-40(62)8/h17-24,45-60,65-66H,13-16,25-32H2,1-12H3. The number of nitrogens with zero attached hydrogens (tertiary/aromatic N) is 2. The van der Waals surface area contributed by atoms with Crippen molar-refractivity contribution < 1.29 is 19.1 Å². The molecule has 4 saturated heterocycles. The number of piperidine rings is 2. The molecule has 5 aliphatic carbocycles. The molecule has 6 nitrogen and oxygen atoms in total. The van der Waals surface area contributed by atoms with E-state index in [2.05, 4.69) is 141 Å². The molecule has 4 aliphatic heterocycles. The Balaban J connectivity index is 0.892. The molecule has 74 heavy (non-hydrogen) atoms. The second kappa shape index (κ2) is 18.3. The van der Waals surface area contributed by atoms with Gasteiger partial charge in [-0.1, -0.05) is 70.8 Å². The van der Waals surface area contributed by atoms with Gasteiger partial charge in [0, 0.05) is 59.9 Å². The highest BCUT2D eigenvalue weighted by Gasteiger charge is 2.67. The van der Waals surface area contributed by atoms with Gasteiger partial charge in [0.15, 0.2) is 0 Å². The van der Waals surface area contributed by atoms with Crippen LogP contribution in [-0.4, -0.2) is 82.0 Å². The number of fused-ring (bicyclic) bond motifs is 8. The monoisotopic (exact) mass is 995 g/mol. The highest BCUT2D eigenvalue weighted by atomic mass is 16.5. The van der Waals surface area contributed by atoms with E-state index in [1.165, 1.54) is 89.0 Å². The van der Waals surface area contributed by atoms with E-state index in [-0.39, 0.29) is 96.2 Å². The summed E-state index contributed by atoms with van der Waals surface area (Å²) in [5, 5.41) is 0. The quantitative estimate of drug-likeness (QED) is 0.203. The molecule has 18 unspecified atom stereocenters. The third-order valence-corrected chi connectivity index (χ3v) is 22.1. The number of hydrogen-bond donors (Lipinski definition) is 0. The summed E-state index contributed by atoms with van der Waals surface area (Å²) in [5.41, 5.74) is 22.3. The molecule has 0 amide bonds. The Hall–Kier alpha value is -3.94. The van der Waals surface area contributed by atoms with E-state index >= 15 is 9.59 Å². The van der Waals surface area contributed by atoms with Gasteiger partial charge in [-0.05, 0) is 251 Å². The lowest BCUT2D eigenvalue weighted by molar-refractivity contribution is -0.246. The largest absolute Gasteiger partial charge is 0.372 e. The van der Waals surface area contributed by atoms with E-state index in [1.54, 1.807) is 0 Å². The van der Waals surface area contributed by atoms with E-state index in [0.717, 1.165) is 70.6 Å². The van der Waals surface area contributed by atoms with Gasteiger partial charge in [-0.25, -0.2) is 0 Å². The molecule has 0 bridgehead atoms. The number of morpholine rings is 2. The Kier molecular flexibility index (Phi) is 12.3. The number of carbonyl (C=O) groups excluding carboxylic acids is 2. The van der Waals surface area contributed by atoms with Crippen molar-refractivity contribution in [3.05, 3.63) is 138 Å². The third kappa shape index (κ3) is 7.80. The second-order valence-corrected chi connectivity index (χ2v) is 26.9. The summed E-state index contributed by atoms with van der Waals surface area (Å²) in [6.45, 7) is 27.4. The van der Waals surface area contributed by atoms with Crippen LogP contribution in [0.15, 0.2) is 48.5 Å². The third-order valence-electron chi connectivity index (χ3n) is 22.1. The normalized spacial score (nSPS) is 38.5. The van der Waals surface area contributed by atoms with Gasteiger partial charge < -0.3 is 9.47 Å². The average molecular weight is 995 g/mol. The smallest absolute Gasteiger partial charge is 0.142 e. The number of ketones is 2. The summed E-state index contributed by atoms with van der Waals surface area (Å²) >= 11 is 0. The molecule has 4 aromatic rings. The van der Waals surface area contributed by atoms with Crippen molar-refractivity contribution in [1.29, 1.82) is 0 Å². The summed E-state index contributed by atoms with van der Waals surface area (Å²) in [4.78, 5) is 38.0. The summed E-state index contributed by atoms with van der Waals surface area (Å²) in [6, 6.07) is 20.0. The van der Waals surface area contributed by atoms with Crippen LogP contribution in [0.4, 0.5) is 0 Å². The van der Waals surface area contributed by atoms with Crippen LogP contribution < -0.4 is 0 Å². The summed E-state index contributed by atoms with van der Waals surface area (Å²) < 4.78 is 15.3. The SMILES string of the molecule is Cc1cc(C)c(C2CCC3C(C2)OC2CC(c4c(C)cc(C)cc4C)CC4C(=O)C5CC6C(=O)C7CC(c8c(C)cc(C)cc8C)CC8OC9CC(c%10c(C)cc(C)cc%10C)CCC9N(C6CC5N3C24)C87)c(C)c1. The molecule has 9 fully saturated rings. The van der Waals surface area contributed by atoms with Gasteiger partial charge in [-0.3, -0.25) is 19.4 Å². The first-order valence-electron chi connectivity index (χ1n) is 29.7. The van der Waals surface area contributed by atoms with Gasteiger partial charge >= 0.3 is 0 Å². The molecule has 0 spiro atoms. The first-order valence-corrected chi connectivity index (χ1v) is 29.7. The maximum absolute atomic E-state index is 16.0. The summed E-state index contributed by atoms with van der Waals surface area (Å²) in [5.74, 6) is 1.94. The molecule has 9 aliphatic rings. The minimum Gasteiger partial charge on any atom is -0.372 e. The van der Waals surface area contributed by atoms with Crippen LogP contribution in [0.25, 0.3) is 0 Å². The lowest BCUT2D eigenvalue weighted by Crippen LogP contribution is -2.78. The predicted molar refractivity (Wildman–Crippen MR) is 297 cm³/mol. The fraction of sp³-hybridized carbons (Fsp3) is 0.618. The van der Waals surface area contributed by atoms with Gasteiger partial charge in [0.25, 0.3) is 0 Å². The van der Waals surface area contributed by atoms with E-state index < -0.39 is 0 Å². The van der Waals surface area contributed by atoms with Crippen LogP contribution in [0.5, 0.6) is 0 Å². The van der Waals surface area contributed by atoms with E-state index in [1.807, 2.05) is 0 Å². The minimum absolute atomic E-state index is 0.00383. The fourth-order valence-corrected chi connectivity index (χ4v) is 20.4. The van der Waals surface area contributed by atoms with E-state index in [4.69, 9.17) is 9.47 Å². The lowest BCUT2D eigenvalue weighted by atomic mass is 9.55. The van der Waals surface area contributed by atoms with Crippen molar-refractivity contribution in [3.8, 4) is 0 Å². The fourth-order valence-electron chi connectivity index (χ4n) is 20.4. The van der Waals surface area contributed by atoms with Gasteiger partial charge in [-0.15, -0.1) is 0 Å². The highest BCUT2D eigenvalue weighted by Crippen LogP contribution is 2.60. The number of rotatable bonds is 4. The molecule has 0 radical (unpaired) electrons. The van der Waals surface area contributed by atoms with Crippen molar-refractivity contribution >= 4 is 11.6 Å². The van der Waals surface area contributed by atoms with Crippen LogP contribution in [0.1, 0.15) is 190 Å². The Morgan fingerprint density at radius 1 is 0.324 bits per heavy atom. The molecule has 0 N–H and O–H groups in total. The Morgan fingerprint density at radius 3 is 0.946 bits per heavy atom. The number of aryl methyl sites for hydroxylation is 12. The molecule has 4 heterocycles. The molecular formula is C68H86N2O4. The van der Waals surface area contributed by atoms with Crippen molar-refractivity contribution in [2.45, 2.75) is 244 Å². The maximum Gasteiger partial charge on any atom is 0.142 e. The van der Waals surface area contributed by atoms with Gasteiger partial charge in [0.05, 0.1) is 24.4 Å². The molecule has 18 atom stereocenters. The van der Waals surface area contributed by atoms with Crippen molar-refractivity contribution in [2.24, 2.45) is 23.7 Å². The maximum atomic E-state index is 16.0. The molecule has 5 saturated carbocycles. The van der Waals surface area contributed by atoms with E-state index in [0.29, 0.717) is 29.8 Å². The number of hydrogen-bond acceptors (Lipinski definition) is 6. The van der Waals surface area contributed by atoms with Gasteiger partial charge in [0.1, 0.15) is 11.6 Å². The zero-order valence-electron chi connectivity index (χ0n) is 47.0. The van der Waals surface area contributed by atoms with Crippen LogP contribution in [0, 0.1) is 107 Å². The van der Waals surface area contributed by atoms with Crippen LogP contribution >= 0.6 is 0 Å². The number of carbonyl (C=O) groups is 2. The Morgan fingerprint density at radius 2 is 0.622 bits per heavy atom. The van der Waals surface area contributed by atoms with Crippen molar-refractivity contribution in [2.75, 3.05) is 0 Å². The first kappa shape index (κ1) is 49.6. The number of ether oxygens (including phenoxy) is 2. The average Bonchev–Trinajstić information content (AvgIpc) is 3.35. The van der Waals surface area contributed by atoms with E-state index in [9.17, 15) is 0 Å². The molecular weight excluding hydrogens is 909 g/mol.